The van der Waals surface area contributed by atoms with E-state index in [-0.39, 0.29) is 28.7 Å². The Morgan fingerprint density at radius 3 is 2.20 bits per heavy atom. The van der Waals surface area contributed by atoms with Crippen molar-refractivity contribution in [2.45, 2.75) is 12.8 Å². The number of hydrogen-bond donors (Lipinski definition) is 4. The Balaban J connectivity index is 2.23. The van der Waals surface area contributed by atoms with Crippen LogP contribution in [0.2, 0.25) is 0 Å². The van der Waals surface area contributed by atoms with Crippen LogP contribution >= 0.6 is 0 Å². The molecule has 20 heavy (non-hydrogen) atoms. The zero-order valence-corrected chi connectivity index (χ0v) is 11.0. The van der Waals surface area contributed by atoms with Crippen molar-refractivity contribution in [1.82, 2.24) is 0 Å². The van der Waals surface area contributed by atoms with E-state index in [2.05, 4.69) is 0 Å². The third kappa shape index (κ3) is 2.88. The van der Waals surface area contributed by atoms with Crippen LogP contribution in [0.5, 0.6) is 28.7 Å². The number of ether oxygens (including phenoxy) is 1. The first-order valence-electron chi connectivity index (χ1n) is 6.11. The minimum Gasteiger partial charge on any atom is -0.508 e. The Hall–Kier alpha value is -2.56. The molecule has 0 aromatic heterocycles. The molecule has 0 aliphatic rings. The van der Waals surface area contributed by atoms with Crippen LogP contribution in [0.4, 0.5) is 0 Å². The molecule has 0 aliphatic carbocycles. The standard InChI is InChI=1S/C15H16O5/c1-20-14-8-12(17)7-10(15(14)19)3-2-9-6-11(16)4-5-13(9)18/h4-8,16-19H,2-3H2,1H3. The molecule has 106 valence electrons. The zero-order valence-electron chi connectivity index (χ0n) is 11.0. The maximum atomic E-state index is 9.97. The van der Waals surface area contributed by atoms with Crippen LogP contribution in [-0.4, -0.2) is 27.5 Å². The van der Waals surface area contributed by atoms with Gasteiger partial charge in [-0.05, 0) is 42.7 Å². The molecule has 0 radical (unpaired) electrons. The van der Waals surface area contributed by atoms with Crippen molar-refractivity contribution in [2.75, 3.05) is 7.11 Å². The number of rotatable bonds is 4. The Kier molecular flexibility index (Phi) is 3.89. The lowest BCUT2D eigenvalue weighted by Gasteiger charge is -2.10. The van der Waals surface area contributed by atoms with Gasteiger partial charge in [-0.2, -0.15) is 0 Å². The van der Waals surface area contributed by atoms with Gasteiger partial charge in [-0.15, -0.1) is 0 Å². The fraction of sp³-hybridized carbons (Fsp3) is 0.200. The first-order valence-corrected chi connectivity index (χ1v) is 6.11. The van der Waals surface area contributed by atoms with Gasteiger partial charge >= 0.3 is 0 Å². The van der Waals surface area contributed by atoms with Gasteiger partial charge in [0.15, 0.2) is 11.5 Å². The van der Waals surface area contributed by atoms with Gasteiger partial charge in [0.05, 0.1) is 7.11 Å². The highest BCUT2D eigenvalue weighted by Crippen LogP contribution is 2.35. The van der Waals surface area contributed by atoms with E-state index in [4.69, 9.17) is 4.74 Å². The van der Waals surface area contributed by atoms with Crippen molar-refractivity contribution in [2.24, 2.45) is 0 Å². The van der Waals surface area contributed by atoms with Gasteiger partial charge in [0.2, 0.25) is 0 Å². The van der Waals surface area contributed by atoms with E-state index in [9.17, 15) is 20.4 Å². The number of hydrogen-bond acceptors (Lipinski definition) is 5. The van der Waals surface area contributed by atoms with E-state index in [0.717, 1.165) is 0 Å². The summed E-state index contributed by atoms with van der Waals surface area (Å²) in [4.78, 5) is 0. The quantitative estimate of drug-likeness (QED) is 0.643. The first kappa shape index (κ1) is 13.9. The first-order chi connectivity index (χ1) is 9.51. The van der Waals surface area contributed by atoms with Crippen LogP contribution in [0.3, 0.4) is 0 Å². The van der Waals surface area contributed by atoms with Gasteiger partial charge in [-0.25, -0.2) is 0 Å². The summed E-state index contributed by atoms with van der Waals surface area (Å²) in [6, 6.07) is 7.04. The van der Waals surface area contributed by atoms with E-state index in [1.165, 1.54) is 37.4 Å². The molecule has 0 aliphatic heterocycles. The summed E-state index contributed by atoms with van der Waals surface area (Å²) in [5.74, 6) is 0.296. The summed E-state index contributed by atoms with van der Waals surface area (Å²) >= 11 is 0. The van der Waals surface area contributed by atoms with Gasteiger partial charge < -0.3 is 25.2 Å². The normalized spacial score (nSPS) is 10.4. The summed E-state index contributed by atoms with van der Waals surface area (Å²) in [7, 11) is 1.40. The summed E-state index contributed by atoms with van der Waals surface area (Å²) < 4.78 is 4.96. The molecular weight excluding hydrogens is 260 g/mol. The number of benzene rings is 2. The van der Waals surface area contributed by atoms with Crippen LogP contribution < -0.4 is 4.74 Å². The molecule has 0 heterocycles. The van der Waals surface area contributed by atoms with Gasteiger partial charge in [0, 0.05) is 11.6 Å². The van der Waals surface area contributed by atoms with Gasteiger partial charge in [-0.1, -0.05) is 0 Å². The van der Waals surface area contributed by atoms with Crippen LogP contribution in [0.25, 0.3) is 0 Å². The second kappa shape index (κ2) is 5.61. The van der Waals surface area contributed by atoms with E-state index in [1.54, 1.807) is 0 Å². The van der Waals surface area contributed by atoms with Crippen LogP contribution in [0.1, 0.15) is 11.1 Å². The number of phenols is 4. The average Bonchev–Trinajstić information content (AvgIpc) is 2.42. The number of methoxy groups -OCH3 is 1. The maximum absolute atomic E-state index is 9.97. The second-order valence-electron chi connectivity index (χ2n) is 4.47. The monoisotopic (exact) mass is 276 g/mol. The van der Waals surface area contributed by atoms with Crippen LogP contribution in [0.15, 0.2) is 30.3 Å². The molecular formula is C15H16O5. The molecule has 2 rings (SSSR count). The van der Waals surface area contributed by atoms with Crippen molar-refractivity contribution in [3.05, 3.63) is 41.5 Å². The minimum atomic E-state index is -0.0371. The molecule has 5 nitrogen and oxygen atoms in total. The zero-order chi connectivity index (χ0) is 14.7. The van der Waals surface area contributed by atoms with E-state index < -0.39 is 0 Å². The van der Waals surface area contributed by atoms with Crippen LogP contribution in [0, 0.1) is 0 Å². The van der Waals surface area contributed by atoms with E-state index in [1.807, 2.05) is 0 Å². The van der Waals surface area contributed by atoms with Gasteiger partial charge in [0.1, 0.15) is 17.2 Å². The minimum absolute atomic E-state index is 0.00483. The molecule has 0 atom stereocenters. The lowest BCUT2D eigenvalue weighted by Crippen LogP contribution is -1.94. The summed E-state index contributed by atoms with van der Waals surface area (Å²) in [6.07, 6.45) is 0.786. The molecule has 2 aromatic rings. The Morgan fingerprint density at radius 1 is 0.850 bits per heavy atom. The molecule has 0 unspecified atom stereocenters. The smallest absolute Gasteiger partial charge is 0.164 e. The van der Waals surface area contributed by atoms with Crippen molar-refractivity contribution in [1.29, 1.82) is 0 Å². The molecule has 4 N–H and O–H groups in total. The predicted octanol–water partition coefficient (Wildman–Crippen LogP) is 2.30. The largest absolute Gasteiger partial charge is 0.508 e. The third-order valence-electron chi connectivity index (χ3n) is 3.09. The molecule has 2 aromatic carbocycles. The molecule has 5 heteroatoms. The highest BCUT2D eigenvalue weighted by atomic mass is 16.5. The van der Waals surface area contributed by atoms with Crippen molar-refractivity contribution in [3.8, 4) is 28.7 Å². The van der Waals surface area contributed by atoms with Crippen molar-refractivity contribution in [3.63, 3.8) is 0 Å². The van der Waals surface area contributed by atoms with E-state index >= 15 is 0 Å². The summed E-state index contributed by atoms with van der Waals surface area (Å²) in [6.45, 7) is 0. The molecule has 0 saturated heterocycles. The Bertz CT molecular complexity index is 622. The third-order valence-corrected chi connectivity index (χ3v) is 3.09. The molecule has 0 spiro atoms. The van der Waals surface area contributed by atoms with Crippen molar-refractivity contribution >= 4 is 0 Å². The fourth-order valence-electron chi connectivity index (χ4n) is 2.04. The lowest BCUT2D eigenvalue weighted by molar-refractivity contribution is 0.365. The maximum Gasteiger partial charge on any atom is 0.164 e. The number of aromatic hydroxyl groups is 4. The topological polar surface area (TPSA) is 90.2 Å². The van der Waals surface area contributed by atoms with Crippen molar-refractivity contribution < 1.29 is 25.2 Å². The average molecular weight is 276 g/mol. The predicted molar refractivity (Wildman–Crippen MR) is 73.5 cm³/mol. The van der Waals surface area contributed by atoms with E-state index in [0.29, 0.717) is 24.0 Å². The number of aryl methyl sites for hydroxylation is 2. The van der Waals surface area contributed by atoms with Crippen LogP contribution in [-0.2, 0) is 12.8 Å². The second-order valence-corrected chi connectivity index (χ2v) is 4.47. The van der Waals surface area contributed by atoms with Gasteiger partial charge in [-0.3, -0.25) is 0 Å². The Labute approximate surface area is 116 Å². The summed E-state index contributed by atoms with van der Waals surface area (Å²) in [5.41, 5.74) is 1.07. The molecule has 0 saturated carbocycles. The SMILES string of the molecule is COc1cc(O)cc(CCc2cc(O)ccc2O)c1O. The molecule has 0 amide bonds. The van der Waals surface area contributed by atoms with Gasteiger partial charge in [0.25, 0.3) is 0 Å². The highest BCUT2D eigenvalue weighted by Gasteiger charge is 2.11. The Morgan fingerprint density at radius 2 is 1.50 bits per heavy atom. The lowest BCUT2D eigenvalue weighted by atomic mass is 10.0. The molecule has 0 fully saturated rings. The molecule has 0 bridgehead atoms. The summed E-state index contributed by atoms with van der Waals surface area (Å²) in [5, 5.41) is 38.6. The highest BCUT2D eigenvalue weighted by molar-refractivity contribution is 5.51. The number of phenolic OH excluding ortho intramolecular Hbond substituents is 4. The fourth-order valence-corrected chi connectivity index (χ4v) is 2.04.